The molecule has 0 aliphatic carbocycles. The first kappa shape index (κ1) is 13.6. The number of benzene rings is 1. The first-order chi connectivity index (χ1) is 7.72. The van der Waals surface area contributed by atoms with Crippen molar-refractivity contribution in [2.75, 3.05) is 16.8 Å². The Morgan fingerprint density at radius 2 is 2.06 bits per heavy atom. The molecule has 0 unspecified atom stereocenters. The molecule has 1 aromatic rings. The lowest BCUT2D eigenvalue weighted by Crippen LogP contribution is -2.14. The highest BCUT2D eigenvalue weighted by Crippen LogP contribution is 2.14. The van der Waals surface area contributed by atoms with Crippen LogP contribution in [0, 0.1) is 0 Å². The van der Waals surface area contributed by atoms with Gasteiger partial charge in [-0.05, 0) is 36.4 Å². The van der Waals surface area contributed by atoms with Crippen LogP contribution in [-0.4, -0.2) is 17.4 Å². The summed E-state index contributed by atoms with van der Waals surface area (Å²) >= 11 is 5.04. The molecule has 1 rings (SSSR count). The molecule has 0 fully saturated rings. The highest BCUT2D eigenvalue weighted by Gasteiger charge is 2.01. The third-order valence-corrected chi connectivity index (χ3v) is 3.58. The summed E-state index contributed by atoms with van der Waals surface area (Å²) in [5.74, 6) is 1.67. The summed E-state index contributed by atoms with van der Waals surface area (Å²) in [6.45, 7) is 2.16. The molecule has 0 atom stereocenters. The van der Waals surface area contributed by atoms with Crippen molar-refractivity contribution in [2.45, 2.75) is 19.8 Å². The summed E-state index contributed by atoms with van der Waals surface area (Å²) < 4.78 is 1.02. The molecule has 0 saturated carbocycles. The van der Waals surface area contributed by atoms with Gasteiger partial charge >= 0.3 is 0 Å². The monoisotopic (exact) mass is 301 g/mol. The van der Waals surface area contributed by atoms with Crippen LogP contribution in [0.2, 0.25) is 0 Å². The first-order valence-corrected chi connectivity index (χ1v) is 7.30. The summed E-state index contributed by atoms with van der Waals surface area (Å²) in [6, 6.07) is 7.61. The predicted molar refractivity (Wildman–Crippen MR) is 75.0 cm³/mol. The molecular formula is C12H16BrNOS. The summed E-state index contributed by atoms with van der Waals surface area (Å²) in [5, 5.41) is 2.87. The normalized spacial score (nSPS) is 10.1. The molecule has 0 aliphatic rings. The van der Waals surface area contributed by atoms with Crippen molar-refractivity contribution in [3.05, 3.63) is 28.7 Å². The van der Waals surface area contributed by atoms with E-state index in [1.807, 2.05) is 24.3 Å². The average molecular weight is 302 g/mol. The van der Waals surface area contributed by atoms with Crippen LogP contribution in [0.25, 0.3) is 0 Å². The number of halogens is 1. The van der Waals surface area contributed by atoms with E-state index < -0.39 is 0 Å². The van der Waals surface area contributed by atoms with Crippen LogP contribution in [0.4, 0.5) is 5.69 Å². The van der Waals surface area contributed by atoms with E-state index in [1.54, 1.807) is 11.8 Å². The Bertz CT molecular complexity index is 326. The second-order valence-electron chi connectivity index (χ2n) is 3.46. The minimum atomic E-state index is 0.0726. The fourth-order valence-corrected chi connectivity index (χ4v) is 2.30. The van der Waals surface area contributed by atoms with Gasteiger partial charge in [-0.3, -0.25) is 4.79 Å². The molecule has 1 amide bonds. The third-order valence-electron chi connectivity index (χ3n) is 2.00. The van der Waals surface area contributed by atoms with Gasteiger partial charge < -0.3 is 5.32 Å². The SMILES string of the molecule is CCCCSCC(=O)Nc1ccc(Br)cc1. The first-order valence-electron chi connectivity index (χ1n) is 5.35. The number of anilines is 1. The van der Waals surface area contributed by atoms with E-state index in [0.717, 1.165) is 15.9 Å². The number of hydrogen-bond donors (Lipinski definition) is 1. The Labute approximate surface area is 109 Å². The standard InChI is InChI=1S/C12H16BrNOS/c1-2-3-8-16-9-12(15)14-11-6-4-10(13)5-7-11/h4-7H,2-3,8-9H2,1H3,(H,14,15). The minimum Gasteiger partial charge on any atom is -0.325 e. The van der Waals surface area contributed by atoms with Crippen LogP contribution >= 0.6 is 27.7 Å². The van der Waals surface area contributed by atoms with Gasteiger partial charge in [0.2, 0.25) is 5.91 Å². The molecule has 16 heavy (non-hydrogen) atoms. The maximum atomic E-state index is 11.5. The minimum absolute atomic E-state index is 0.0726. The maximum Gasteiger partial charge on any atom is 0.234 e. The van der Waals surface area contributed by atoms with E-state index in [9.17, 15) is 4.79 Å². The smallest absolute Gasteiger partial charge is 0.234 e. The van der Waals surface area contributed by atoms with E-state index in [1.165, 1.54) is 12.8 Å². The molecule has 0 bridgehead atoms. The van der Waals surface area contributed by atoms with Gasteiger partial charge in [0, 0.05) is 10.2 Å². The van der Waals surface area contributed by atoms with Crippen molar-refractivity contribution in [2.24, 2.45) is 0 Å². The van der Waals surface area contributed by atoms with Crippen LogP contribution in [-0.2, 0) is 4.79 Å². The molecule has 1 N–H and O–H groups in total. The number of unbranched alkanes of at least 4 members (excludes halogenated alkanes) is 1. The topological polar surface area (TPSA) is 29.1 Å². The van der Waals surface area contributed by atoms with Crippen molar-refractivity contribution in [1.29, 1.82) is 0 Å². The molecule has 4 heteroatoms. The number of nitrogens with one attached hydrogen (secondary N) is 1. The van der Waals surface area contributed by atoms with E-state index >= 15 is 0 Å². The number of amides is 1. The van der Waals surface area contributed by atoms with Crippen LogP contribution in [0.3, 0.4) is 0 Å². The Balaban J connectivity index is 2.26. The zero-order valence-electron chi connectivity index (χ0n) is 9.33. The molecule has 0 saturated heterocycles. The Kier molecular flexibility index (Phi) is 6.57. The number of carbonyl (C=O) groups is 1. The summed E-state index contributed by atoms with van der Waals surface area (Å²) in [6.07, 6.45) is 2.36. The summed E-state index contributed by atoms with van der Waals surface area (Å²) in [4.78, 5) is 11.5. The molecule has 88 valence electrons. The molecule has 0 heterocycles. The van der Waals surface area contributed by atoms with E-state index in [4.69, 9.17) is 0 Å². The molecule has 0 radical (unpaired) electrons. The zero-order chi connectivity index (χ0) is 11.8. The second-order valence-corrected chi connectivity index (χ2v) is 5.48. The predicted octanol–water partition coefficient (Wildman–Crippen LogP) is 3.92. The van der Waals surface area contributed by atoms with Crippen molar-refractivity contribution in [1.82, 2.24) is 0 Å². The van der Waals surface area contributed by atoms with E-state index in [-0.39, 0.29) is 5.91 Å². The second kappa shape index (κ2) is 7.74. The fraction of sp³-hybridized carbons (Fsp3) is 0.417. The Morgan fingerprint density at radius 3 is 2.69 bits per heavy atom. The van der Waals surface area contributed by atoms with Crippen molar-refractivity contribution in [3.8, 4) is 0 Å². The van der Waals surface area contributed by atoms with Crippen molar-refractivity contribution < 1.29 is 4.79 Å². The Hall–Kier alpha value is -0.480. The number of thioether (sulfide) groups is 1. The van der Waals surface area contributed by atoms with Crippen LogP contribution in [0.15, 0.2) is 28.7 Å². The lowest BCUT2D eigenvalue weighted by atomic mass is 10.3. The van der Waals surface area contributed by atoms with E-state index in [0.29, 0.717) is 5.75 Å². The number of hydrogen-bond acceptors (Lipinski definition) is 2. The van der Waals surface area contributed by atoms with Crippen LogP contribution < -0.4 is 5.32 Å². The zero-order valence-corrected chi connectivity index (χ0v) is 11.7. The highest BCUT2D eigenvalue weighted by molar-refractivity contribution is 9.10. The van der Waals surface area contributed by atoms with Gasteiger partial charge in [0.25, 0.3) is 0 Å². The quantitative estimate of drug-likeness (QED) is 0.807. The summed E-state index contributed by atoms with van der Waals surface area (Å²) in [5.41, 5.74) is 0.851. The van der Waals surface area contributed by atoms with Gasteiger partial charge in [0.05, 0.1) is 5.75 Å². The lowest BCUT2D eigenvalue weighted by molar-refractivity contribution is -0.113. The van der Waals surface area contributed by atoms with Crippen molar-refractivity contribution >= 4 is 39.3 Å². The van der Waals surface area contributed by atoms with Crippen LogP contribution in [0.1, 0.15) is 19.8 Å². The largest absolute Gasteiger partial charge is 0.325 e. The number of rotatable bonds is 6. The summed E-state index contributed by atoms with van der Waals surface area (Å²) in [7, 11) is 0. The van der Waals surface area contributed by atoms with Gasteiger partial charge in [0.15, 0.2) is 0 Å². The molecule has 0 spiro atoms. The molecule has 1 aromatic carbocycles. The van der Waals surface area contributed by atoms with E-state index in [2.05, 4.69) is 28.2 Å². The Morgan fingerprint density at radius 1 is 1.38 bits per heavy atom. The average Bonchev–Trinajstić information content (AvgIpc) is 2.28. The molecule has 2 nitrogen and oxygen atoms in total. The van der Waals surface area contributed by atoms with Gasteiger partial charge in [-0.15, -0.1) is 0 Å². The third kappa shape index (κ3) is 5.56. The van der Waals surface area contributed by atoms with Gasteiger partial charge in [-0.1, -0.05) is 29.3 Å². The van der Waals surface area contributed by atoms with Crippen LogP contribution in [0.5, 0.6) is 0 Å². The fourth-order valence-electron chi connectivity index (χ4n) is 1.14. The highest BCUT2D eigenvalue weighted by atomic mass is 79.9. The molecule has 0 aliphatic heterocycles. The van der Waals surface area contributed by atoms with Gasteiger partial charge in [0.1, 0.15) is 0 Å². The number of carbonyl (C=O) groups excluding carboxylic acids is 1. The lowest BCUT2D eigenvalue weighted by Gasteiger charge is -2.04. The van der Waals surface area contributed by atoms with Gasteiger partial charge in [-0.25, -0.2) is 0 Å². The van der Waals surface area contributed by atoms with Crippen molar-refractivity contribution in [3.63, 3.8) is 0 Å². The molecular weight excluding hydrogens is 286 g/mol. The maximum absolute atomic E-state index is 11.5. The molecule has 0 aromatic heterocycles. The van der Waals surface area contributed by atoms with Gasteiger partial charge in [-0.2, -0.15) is 11.8 Å².